The van der Waals surface area contributed by atoms with Gasteiger partial charge in [-0.25, -0.2) is 8.42 Å². The molecular formula is C19H18N2O2S. The fraction of sp³-hybridized carbons (Fsp3) is 0.211. The molecule has 0 aromatic heterocycles. The van der Waals surface area contributed by atoms with Gasteiger partial charge in [-0.2, -0.15) is 5.26 Å². The smallest absolute Gasteiger partial charge is 0.264 e. The molecule has 0 aliphatic carbocycles. The van der Waals surface area contributed by atoms with Crippen molar-refractivity contribution in [3.63, 3.8) is 0 Å². The largest absolute Gasteiger partial charge is 0.265 e. The van der Waals surface area contributed by atoms with Crippen molar-refractivity contribution >= 4 is 21.8 Å². The quantitative estimate of drug-likeness (QED) is 0.838. The summed E-state index contributed by atoms with van der Waals surface area (Å²) in [6.07, 6.45) is 1.78. The number of rotatable bonds is 2. The molecule has 1 heterocycles. The first kappa shape index (κ1) is 16.3. The Balaban J connectivity index is 2.15. The van der Waals surface area contributed by atoms with Gasteiger partial charge in [0.1, 0.15) is 0 Å². The van der Waals surface area contributed by atoms with E-state index < -0.39 is 10.0 Å². The molecule has 0 amide bonds. The lowest BCUT2D eigenvalue weighted by Crippen LogP contribution is -2.34. The van der Waals surface area contributed by atoms with Crippen LogP contribution in [0.1, 0.15) is 18.1 Å². The van der Waals surface area contributed by atoms with Crippen LogP contribution in [0.3, 0.4) is 0 Å². The molecule has 3 rings (SSSR count). The molecule has 0 radical (unpaired) electrons. The van der Waals surface area contributed by atoms with Crippen molar-refractivity contribution in [3.8, 4) is 6.07 Å². The molecule has 0 fully saturated rings. The van der Waals surface area contributed by atoms with Gasteiger partial charge in [-0.1, -0.05) is 42.8 Å². The van der Waals surface area contributed by atoms with Gasteiger partial charge >= 0.3 is 0 Å². The van der Waals surface area contributed by atoms with E-state index in [-0.39, 0.29) is 17.4 Å². The van der Waals surface area contributed by atoms with Crippen LogP contribution in [0.5, 0.6) is 0 Å². The van der Waals surface area contributed by atoms with Gasteiger partial charge in [0.15, 0.2) is 0 Å². The van der Waals surface area contributed by atoms with Crippen LogP contribution in [0, 0.1) is 24.2 Å². The standard InChI is InChI=1S/C19H18N2O2S/c1-14-7-9-18(10-8-14)24(22,23)21-13-15(2)17(12-20)11-16-5-3-4-6-19(16)21/h3-11,15H,13H2,1-2H3/t15-/m1/s1. The van der Waals surface area contributed by atoms with Crippen LogP contribution in [-0.4, -0.2) is 15.0 Å². The lowest BCUT2D eigenvalue weighted by atomic mass is 10.0. The van der Waals surface area contributed by atoms with E-state index in [0.717, 1.165) is 11.1 Å². The molecule has 2 aromatic rings. The number of anilines is 1. The van der Waals surface area contributed by atoms with Crippen molar-refractivity contribution in [3.05, 3.63) is 65.2 Å². The van der Waals surface area contributed by atoms with E-state index in [1.807, 2.05) is 32.0 Å². The summed E-state index contributed by atoms with van der Waals surface area (Å²) in [5.74, 6) is -0.178. The van der Waals surface area contributed by atoms with Crippen LogP contribution in [0.25, 0.3) is 6.08 Å². The molecule has 0 unspecified atom stereocenters. The maximum absolute atomic E-state index is 13.2. The Labute approximate surface area is 142 Å². The molecule has 4 nitrogen and oxygen atoms in total. The zero-order valence-corrected chi connectivity index (χ0v) is 14.4. The Kier molecular flexibility index (Phi) is 4.16. The SMILES string of the molecule is Cc1ccc(S(=O)(=O)N2C[C@@H](C)C(C#N)=Cc3ccccc32)cc1. The van der Waals surface area contributed by atoms with Crippen LogP contribution in [0.15, 0.2) is 59.0 Å². The van der Waals surface area contributed by atoms with E-state index in [1.165, 1.54) is 4.31 Å². The van der Waals surface area contributed by atoms with Gasteiger partial charge < -0.3 is 0 Å². The summed E-state index contributed by atoms with van der Waals surface area (Å²) in [7, 11) is -3.69. The third-order valence-corrected chi connectivity index (χ3v) is 6.02. The van der Waals surface area contributed by atoms with E-state index in [2.05, 4.69) is 6.07 Å². The Bertz CT molecular complexity index is 938. The molecule has 1 atom stereocenters. The second-order valence-electron chi connectivity index (χ2n) is 6.02. The van der Waals surface area contributed by atoms with Gasteiger partial charge in [0.05, 0.1) is 16.7 Å². The number of para-hydroxylation sites is 1. The van der Waals surface area contributed by atoms with Crippen molar-refractivity contribution in [2.45, 2.75) is 18.7 Å². The third-order valence-electron chi connectivity index (χ3n) is 4.23. The van der Waals surface area contributed by atoms with E-state index in [4.69, 9.17) is 0 Å². The maximum atomic E-state index is 13.2. The van der Waals surface area contributed by atoms with Crippen LogP contribution in [0.4, 0.5) is 5.69 Å². The first-order valence-electron chi connectivity index (χ1n) is 7.73. The number of aryl methyl sites for hydroxylation is 1. The second kappa shape index (κ2) is 6.14. The minimum absolute atomic E-state index is 0.178. The minimum atomic E-state index is -3.69. The van der Waals surface area contributed by atoms with Gasteiger partial charge in [-0.3, -0.25) is 4.31 Å². The molecule has 122 valence electrons. The molecule has 0 N–H and O–H groups in total. The van der Waals surface area contributed by atoms with E-state index >= 15 is 0 Å². The Hall–Kier alpha value is -2.58. The number of sulfonamides is 1. The summed E-state index contributed by atoms with van der Waals surface area (Å²) < 4.78 is 27.8. The zero-order chi connectivity index (χ0) is 17.3. The Morgan fingerprint density at radius 1 is 1.12 bits per heavy atom. The number of nitrogens with zero attached hydrogens (tertiary/aromatic N) is 2. The number of nitriles is 1. The first-order chi connectivity index (χ1) is 11.4. The summed E-state index contributed by atoms with van der Waals surface area (Å²) in [5, 5.41) is 9.36. The van der Waals surface area contributed by atoms with Crippen molar-refractivity contribution in [1.82, 2.24) is 0 Å². The molecule has 0 saturated heterocycles. The van der Waals surface area contributed by atoms with E-state index in [9.17, 15) is 13.7 Å². The fourth-order valence-electron chi connectivity index (χ4n) is 2.80. The predicted octanol–water partition coefficient (Wildman–Crippen LogP) is 3.75. The van der Waals surface area contributed by atoms with Gasteiger partial charge in [0.2, 0.25) is 0 Å². The van der Waals surface area contributed by atoms with Gasteiger partial charge in [0, 0.05) is 18.0 Å². The monoisotopic (exact) mass is 338 g/mol. The highest BCUT2D eigenvalue weighted by atomic mass is 32.2. The summed E-state index contributed by atoms with van der Waals surface area (Å²) in [6.45, 7) is 4.04. The van der Waals surface area contributed by atoms with Crippen LogP contribution >= 0.6 is 0 Å². The highest BCUT2D eigenvalue weighted by Crippen LogP contribution is 2.34. The molecule has 1 aliphatic rings. The molecule has 2 aromatic carbocycles. The predicted molar refractivity (Wildman–Crippen MR) is 94.9 cm³/mol. The van der Waals surface area contributed by atoms with Crippen molar-refractivity contribution in [2.75, 3.05) is 10.8 Å². The molecule has 0 saturated carbocycles. The van der Waals surface area contributed by atoms with Crippen LogP contribution in [0.2, 0.25) is 0 Å². The first-order valence-corrected chi connectivity index (χ1v) is 9.17. The number of hydrogen-bond donors (Lipinski definition) is 0. The summed E-state index contributed by atoms with van der Waals surface area (Å²) in [6, 6.07) is 16.3. The highest BCUT2D eigenvalue weighted by molar-refractivity contribution is 7.92. The van der Waals surface area contributed by atoms with Crippen molar-refractivity contribution < 1.29 is 8.42 Å². The molecule has 0 spiro atoms. The molecule has 0 bridgehead atoms. The van der Waals surface area contributed by atoms with E-state index in [0.29, 0.717) is 11.3 Å². The minimum Gasteiger partial charge on any atom is -0.265 e. The lowest BCUT2D eigenvalue weighted by molar-refractivity contribution is 0.584. The number of fused-ring (bicyclic) bond motifs is 1. The molecular weight excluding hydrogens is 320 g/mol. The summed E-state index contributed by atoms with van der Waals surface area (Å²) in [5.41, 5.74) is 2.94. The average molecular weight is 338 g/mol. The van der Waals surface area contributed by atoms with Crippen molar-refractivity contribution in [1.29, 1.82) is 5.26 Å². The number of hydrogen-bond acceptors (Lipinski definition) is 3. The van der Waals surface area contributed by atoms with Gasteiger partial charge in [-0.05, 0) is 36.8 Å². The average Bonchev–Trinajstić information content (AvgIpc) is 2.72. The Morgan fingerprint density at radius 2 is 1.79 bits per heavy atom. The van der Waals surface area contributed by atoms with Crippen LogP contribution < -0.4 is 4.31 Å². The molecule has 5 heteroatoms. The lowest BCUT2D eigenvalue weighted by Gasteiger charge is -2.26. The second-order valence-corrected chi connectivity index (χ2v) is 7.88. The Morgan fingerprint density at radius 3 is 2.46 bits per heavy atom. The molecule has 24 heavy (non-hydrogen) atoms. The van der Waals surface area contributed by atoms with Crippen molar-refractivity contribution in [2.24, 2.45) is 5.92 Å². The van der Waals surface area contributed by atoms with E-state index in [1.54, 1.807) is 36.4 Å². The summed E-state index contributed by atoms with van der Waals surface area (Å²) >= 11 is 0. The highest BCUT2D eigenvalue weighted by Gasteiger charge is 2.30. The topological polar surface area (TPSA) is 61.2 Å². The fourth-order valence-corrected chi connectivity index (χ4v) is 4.38. The number of benzene rings is 2. The zero-order valence-electron chi connectivity index (χ0n) is 13.6. The third kappa shape index (κ3) is 2.81. The normalized spacial score (nSPS) is 17.5. The van der Waals surface area contributed by atoms with Crippen LogP contribution in [-0.2, 0) is 10.0 Å². The summed E-state index contributed by atoms with van der Waals surface area (Å²) in [4.78, 5) is 0.260. The van der Waals surface area contributed by atoms with Gasteiger partial charge in [0.25, 0.3) is 10.0 Å². The maximum Gasteiger partial charge on any atom is 0.264 e. The molecule has 1 aliphatic heterocycles. The van der Waals surface area contributed by atoms with Gasteiger partial charge in [-0.15, -0.1) is 0 Å².